The summed E-state index contributed by atoms with van der Waals surface area (Å²) in [5, 5.41) is 0. The second-order valence-electron chi connectivity index (χ2n) is 6.57. The van der Waals surface area contributed by atoms with E-state index >= 15 is 0 Å². The van der Waals surface area contributed by atoms with E-state index in [-0.39, 0.29) is 5.91 Å². The van der Waals surface area contributed by atoms with E-state index in [9.17, 15) is 4.79 Å². The number of aromatic nitrogens is 2. The van der Waals surface area contributed by atoms with E-state index in [1.165, 1.54) is 0 Å². The monoisotopic (exact) mass is 406 g/mol. The lowest BCUT2D eigenvalue weighted by atomic mass is 10.0. The van der Waals surface area contributed by atoms with Crippen molar-refractivity contribution >= 4 is 34.9 Å². The lowest BCUT2D eigenvalue weighted by molar-refractivity contribution is -0.130. The minimum absolute atomic E-state index is 0.274. The number of ether oxygens (including phenoxy) is 1. The first-order valence-electron chi connectivity index (χ1n) is 8.98. The van der Waals surface area contributed by atoms with E-state index in [4.69, 9.17) is 37.9 Å². The standard InChI is InChI=1S/C19H20Cl2N4O2/c20-16(21)19(26)25-7-6-15-14(12-25)18(24-8-10-27-11-9-24)23-17(22-15)13-4-2-1-3-5-13/h1-5,16H,6-12H2. The number of hydrogen-bond acceptors (Lipinski definition) is 5. The second-order valence-corrected chi connectivity index (χ2v) is 7.67. The van der Waals surface area contributed by atoms with Crippen molar-refractivity contribution in [2.75, 3.05) is 37.7 Å². The molecular formula is C19H20Cl2N4O2. The van der Waals surface area contributed by atoms with Crippen molar-refractivity contribution in [2.45, 2.75) is 17.8 Å². The van der Waals surface area contributed by atoms with Crippen molar-refractivity contribution in [1.29, 1.82) is 0 Å². The Balaban J connectivity index is 1.75. The van der Waals surface area contributed by atoms with Gasteiger partial charge in [0.15, 0.2) is 10.7 Å². The molecule has 8 heteroatoms. The van der Waals surface area contributed by atoms with Crippen LogP contribution in [0.1, 0.15) is 11.3 Å². The van der Waals surface area contributed by atoms with Crippen LogP contribution < -0.4 is 4.90 Å². The first-order valence-corrected chi connectivity index (χ1v) is 9.85. The number of fused-ring (bicyclic) bond motifs is 1. The van der Waals surface area contributed by atoms with Gasteiger partial charge in [-0.25, -0.2) is 9.97 Å². The van der Waals surface area contributed by atoms with E-state index < -0.39 is 4.84 Å². The van der Waals surface area contributed by atoms with Crippen LogP contribution in [0, 0.1) is 0 Å². The Morgan fingerprint density at radius 2 is 1.81 bits per heavy atom. The summed E-state index contributed by atoms with van der Waals surface area (Å²) in [5.41, 5.74) is 2.94. The van der Waals surface area contributed by atoms with Crippen molar-refractivity contribution < 1.29 is 9.53 Å². The number of carbonyl (C=O) groups excluding carboxylic acids is 1. The molecule has 2 aliphatic heterocycles. The van der Waals surface area contributed by atoms with Gasteiger partial charge in [0.1, 0.15) is 5.82 Å². The number of alkyl halides is 2. The van der Waals surface area contributed by atoms with Crippen LogP contribution in [0.5, 0.6) is 0 Å². The third-order valence-corrected chi connectivity index (χ3v) is 5.25. The van der Waals surface area contributed by atoms with E-state index in [1.807, 2.05) is 30.3 Å². The van der Waals surface area contributed by atoms with Crippen LogP contribution in [0.2, 0.25) is 0 Å². The minimum atomic E-state index is -1.05. The van der Waals surface area contributed by atoms with Crippen molar-refractivity contribution in [3.05, 3.63) is 41.6 Å². The number of hydrogen-bond donors (Lipinski definition) is 0. The zero-order valence-electron chi connectivity index (χ0n) is 14.8. The van der Waals surface area contributed by atoms with Gasteiger partial charge in [-0.1, -0.05) is 53.5 Å². The third kappa shape index (κ3) is 3.88. The van der Waals surface area contributed by atoms with Gasteiger partial charge < -0.3 is 14.5 Å². The molecule has 1 fully saturated rings. The van der Waals surface area contributed by atoms with E-state index in [0.29, 0.717) is 38.5 Å². The van der Waals surface area contributed by atoms with Crippen molar-refractivity contribution in [2.24, 2.45) is 0 Å². The Labute approximate surface area is 168 Å². The molecule has 1 saturated heterocycles. The molecule has 142 valence electrons. The fourth-order valence-electron chi connectivity index (χ4n) is 3.48. The molecule has 4 rings (SSSR count). The number of nitrogens with zero attached hydrogens (tertiary/aromatic N) is 4. The third-order valence-electron chi connectivity index (χ3n) is 4.88. The molecule has 2 aromatic rings. The number of carbonyl (C=O) groups is 1. The maximum absolute atomic E-state index is 12.3. The Hall–Kier alpha value is -1.89. The van der Waals surface area contributed by atoms with Gasteiger partial charge >= 0.3 is 0 Å². The lowest BCUT2D eigenvalue weighted by Crippen LogP contribution is -2.42. The fraction of sp³-hybridized carbons (Fsp3) is 0.421. The van der Waals surface area contributed by atoms with Crippen LogP contribution >= 0.6 is 23.2 Å². The highest BCUT2D eigenvalue weighted by Crippen LogP contribution is 2.30. The molecule has 0 atom stereocenters. The summed E-state index contributed by atoms with van der Waals surface area (Å²) < 4.78 is 5.49. The van der Waals surface area contributed by atoms with Crippen molar-refractivity contribution in [3.63, 3.8) is 0 Å². The molecule has 0 unspecified atom stereocenters. The summed E-state index contributed by atoms with van der Waals surface area (Å²) in [6, 6.07) is 9.95. The lowest BCUT2D eigenvalue weighted by Gasteiger charge is -2.34. The minimum Gasteiger partial charge on any atom is -0.378 e. The molecule has 2 aliphatic rings. The quantitative estimate of drug-likeness (QED) is 0.733. The summed E-state index contributed by atoms with van der Waals surface area (Å²) in [4.78, 5) is 24.8. The smallest absolute Gasteiger partial charge is 0.256 e. The van der Waals surface area contributed by atoms with E-state index in [2.05, 4.69) is 4.90 Å². The maximum Gasteiger partial charge on any atom is 0.256 e. The molecule has 1 aromatic heterocycles. The summed E-state index contributed by atoms with van der Waals surface area (Å²) in [6.07, 6.45) is 0.654. The predicted molar refractivity (Wildman–Crippen MR) is 105 cm³/mol. The van der Waals surface area contributed by atoms with Crippen molar-refractivity contribution in [3.8, 4) is 11.4 Å². The molecule has 1 aromatic carbocycles. The van der Waals surface area contributed by atoms with Gasteiger partial charge in [0.2, 0.25) is 0 Å². The second kappa shape index (κ2) is 8.00. The highest BCUT2D eigenvalue weighted by atomic mass is 35.5. The number of amides is 1. The Kier molecular flexibility index (Phi) is 5.48. The van der Waals surface area contributed by atoms with E-state index in [0.717, 1.165) is 35.7 Å². The largest absolute Gasteiger partial charge is 0.378 e. The number of halogens is 2. The van der Waals surface area contributed by atoms with Gasteiger partial charge in [-0.05, 0) is 0 Å². The van der Waals surface area contributed by atoms with Gasteiger partial charge in [0.25, 0.3) is 5.91 Å². The molecule has 1 amide bonds. The van der Waals surface area contributed by atoms with Gasteiger partial charge in [-0.15, -0.1) is 0 Å². The molecule has 0 spiro atoms. The van der Waals surface area contributed by atoms with Gasteiger partial charge in [0.05, 0.1) is 25.5 Å². The summed E-state index contributed by atoms with van der Waals surface area (Å²) in [5.74, 6) is 1.31. The number of morpholine rings is 1. The maximum atomic E-state index is 12.3. The van der Waals surface area contributed by atoms with Gasteiger partial charge in [-0.3, -0.25) is 4.79 Å². The number of anilines is 1. The first-order chi connectivity index (χ1) is 13.1. The predicted octanol–water partition coefficient (Wildman–Crippen LogP) is 2.67. The normalized spacial score (nSPS) is 17.1. The molecule has 0 N–H and O–H groups in total. The highest BCUT2D eigenvalue weighted by Gasteiger charge is 2.30. The average molecular weight is 407 g/mol. The zero-order chi connectivity index (χ0) is 18.8. The summed E-state index contributed by atoms with van der Waals surface area (Å²) >= 11 is 11.6. The van der Waals surface area contributed by atoms with Crippen LogP contribution in [-0.4, -0.2) is 58.5 Å². The fourth-order valence-corrected chi connectivity index (χ4v) is 3.75. The van der Waals surface area contributed by atoms with E-state index in [1.54, 1.807) is 4.90 Å². The Morgan fingerprint density at radius 1 is 1.07 bits per heavy atom. The van der Waals surface area contributed by atoms with Crippen molar-refractivity contribution in [1.82, 2.24) is 14.9 Å². The number of rotatable bonds is 3. The highest BCUT2D eigenvalue weighted by molar-refractivity contribution is 6.53. The zero-order valence-corrected chi connectivity index (χ0v) is 16.3. The number of benzene rings is 1. The molecule has 0 saturated carbocycles. The molecule has 27 heavy (non-hydrogen) atoms. The Bertz CT molecular complexity index is 826. The average Bonchev–Trinajstić information content (AvgIpc) is 2.73. The van der Waals surface area contributed by atoms with Crippen LogP contribution in [0.25, 0.3) is 11.4 Å². The molecule has 0 radical (unpaired) electrons. The molecule has 3 heterocycles. The van der Waals surface area contributed by atoms with Crippen LogP contribution in [0.15, 0.2) is 30.3 Å². The Morgan fingerprint density at radius 3 is 2.52 bits per heavy atom. The van der Waals surface area contributed by atoms with Gasteiger partial charge in [-0.2, -0.15) is 0 Å². The first kappa shape index (κ1) is 18.5. The summed E-state index contributed by atoms with van der Waals surface area (Å²) in [6.45, 7) is 3.82. The molecule has 0 aliphatic carbocycles. The molecule has 6 nitrogen and oxygen atoms in total. The van der Waals surface area contributed by atoms with Crippen LogP contribution in [-0.2, 0) is 22.5 Å². The van der Waals surface area contributed by atoms with Crippen LogP contribution in [0.3, 0.4) is 0 Å². The topological polar surface area (TPSA) is 58.6 Å². The molecule has 0 bridgehead atoms. The molecular weight excluding hydrogens is 387 g/mol. The van der Waals surface area contributed by atoms with Gasteiger partial charge in [0, 0.05) is 37.2 Å². The SMILES string of the molecule is O=C(C(Cl)Cl)N1CCc2nc(-c3ccccc3)nc(N3CCOCC3)c2C1. The summed E-state index contributed by atoms with van der Waals surface area (Å²) in [7, 11) is 0. The van der Waals surface area contributed by atoms with Crippen LogP contribution in [0.4, 0.5) is 5.82 Å².